The van der Waals surface area contributed by atoms with Crippen molar-refractivity contribution in [2.45, 2.75) is 13.0 Å². The Hall–Kier alpha value is -3.24. The Morgan fingerprint density at radius 3 is 2.60 bits per heavy atom. The highest BCUT2D eigenvalue weighted by molar-refractivity contribution is 5.95. The first-order valence-electron chi connectivity index (χ1n) is 9.15. The van der Waals surface area contributed by atoms with Gasteiger partial charge in [-0.1, -0.05) is 0 Å². The minimum absolute atomic E-state index is 0. The molecular formula is C19H24ClN7O3. The molecule has 10 nitrogen and oxygen atoms in total. The molecule has 160 valence electrons. The SMILES string of the molecule is CN(C)CCNC(=O)c1ccc(NC(=O)CCn2cnc3c(=O)[nH]cnc32)cc1.Cl. The fraction of sp³-hybridized carbons (Fsp3) is 0.316. The van der Waals surface area contributed by atoms with Gasteiger partial charge in [0.2, 0.25) is 5.91 Å². The Morgan fingerprint density at radius 2 is 1.90 bits per heavy atom. The maximum absolute atomic E-state index is 12.2. The van der Waals surface area contributed by atoms with Crippen molar-refractivity contribution in [3.8, 4) is 0 Å². The summed E-state index contributed by atoms with van der Waals surface area (Å²) in [5.74, 6) is -0.348. The molecule has 0 radical (unpaired) electrons. The largest absolute Gasteiger partial charge is 0.351 e. The van der Waals surface area contributed by atoms with Gasteiger partial charge in [-0.15, -0.1) is 12.4 Å². The molecule has 1 aromatic carbocycles. The van der Waals surface area contributed by atoms with E-state index in [1.54, 1.807) is 28.8 Å². The molecule has 0 aliphatic rings. The average Bonchev–Trinajstić information content (AvgIpc) is 3.11. The molecule has 2 amide bonds. The number of nitrogens with zero attached hydrogens (tertiary/aromatic N) is 4. The van der Waals surface area contributed by atoms with Gasteiger partial charge in [0, 0.05) is 37.3 Å². The lowest BCUT2D eigenvalue weighted by Gasteiger charge is -2.11. The summed E-state index contributed by atoms with van der Waals surface area (Å²) in [6.07, 6.45) is 2.98. The quantitative estimate of drug-likeness (QED) is 0.484. The van der Waals surface area contributed by atoms with Crippen LogP contribution >= 0.6 is 12.4 Å². The summed E-state index contributed by atoms with van der Waals surface area (Å²) in [5.41, 5.74) is 1.50. The van der Waals surface area contributed by atoms with E-state index in [9.17, 15) is 14.4 Å². The monoisotopic (exact) mass is 433 g/mol. The molecule has 0 spiro atoms. The Bertz CT molecular complexity index is 1060. The zero-order valence-electron chi connectivity index (χ0n) is 16.7. The van der Waals surface area contributed by atoms with Gasteiger partial charge >= 0.3 is 0 Å². The molecule has 0 saturated heterocycles. The Balaban J connectivity index is 0.00000320. The highest BCUT2D eigenvalue weighted by atomic mass is 35.5. The first-order chi connectivity index (χ1) is 13.9. The molecular weight excluding hydrogens is 410 g/mol. The number of hydrogen-bond acceptors (Lipinski definition) is 6. The van der Waals surface area contributed by atoms with Crippen LogP contribution in [0.3, 0.4) is 0 Å². The smallest absolute Gasteiger partial charge is 0.278 e. The standard InChI is InChI=1S/C19H23N7O3.ClH/c1-25(2)10-8-20-18(28)13-3-5-14(6-4-13)24-15(27)7-9-26-12-23-16-17(26)21-11-22-19(16)29;/h3-6,11-12H,7-10H2,1-2H3,(H,20,28)(H,24,27)(H,21,22,29);1H. The van der Waals surface area contributed by atoms with Gasteiger partial charge in [-0.2, -0.15) is 0 Å². The van der Waals surface area contributed by atoms with Crippen molar-refractivity contribution in [3.05, 3.63) is 52.8 Å². The lowest BCUT2D eigenvalue weighted by molar-refractivity contribution is -0.116. The van der Waals surface area contributed by atoms with E-state index in [1.165, 1.54) is 12.7 Å². The topological polar surface area (TPSA) is 125 Å². The summed E-state index contributed by atoms with van der Waals surface area (Å²) >= 11 is 0. The normalized spacial score (nSPS) is 10.6. The lowest BCUT2D eigenvalue weighted by Crippen LogP contribution is -2.31. The van der Waals surface area contributed by atoms with Crippen LogP contribution in [-0.4, -0.2) is 63.4 Å². The molecule has 0 fully saturated rings. The number of benzene rings is 1. The van der Waals surface area contributed by atoms with Crippen molar-refractivity contribution in [2.75, 3.05) is 32.5 Å². The molecule has 0 aliphatic heterocycles. The maximum Gasteiger partial charge on any atom is 0.278 e. The molecule has 0 aliphatic carbocycles. The van der Waals surface area contributed by atoms with Crippen LogP contribution in [0.25, 0.3) is 11.2 Å². The first-order valence-corrected chi connectivity index (χ1v) is 9.15. The molecule has 3 aromatic rings. The number of amides is 2. The van der Waals surface area contributed by atoms with E-state index in [-0.39, 0.29) is 41.7 Å². The van der Waals surface area contributed by atoms with Gasteiger partial charge in [0.25, 0.3) is 11.5 Å². The molecule has 30 heavy (non-hydrogen) atoms. The summed E-state index contributed by atoms with van der Waals surface area (Å²) in [5, 5.41) is 5.63. The second-order valence-corrected chi connectivity index (χ2v) is 6.78. The van der Waals surface area contributed by atoms with Crippen LogP contribution in [0, 0.1) is 0 Å². The summed E-state index contributed by atoms with van der Waals surface area (Å²) in [6, 6.07) is 6.71. The number of H-pyrrole nitrogens is 1. The number of aryl methyl sites for hydroxylation is 1. The molecule has 0 bridgehead atoms. The minimum Gasteiger partial charge on any atom is -0.351 e. The van der Waals surface area contributed by atoms with Crippen molar-refractivity contribution < 1.29 is 9.59 Å². The zero-order chi connectivity index (χ0) is 20.8. The van der Waals surface area contributed by atoms with E-state index in [0.29, 0.717) is 30.0 Å². The number of rotatable bonds is 8. The van der Waals surface area contributed by atoms with Crippen LogP contribution in [0.1, 0.15) is 16.8 Å². The fourth-order valence-corrected chi connectivity index (χ4v) is 2.70. The van der Waals surface area contributed by atoms with Crippen molar-refractivity contribution in [1.82, 2.24) is 29.7 Å². The predicted octanol–water partition coefficient (Wildman–Crippen LogP) is 0.862. The van der Waals surface area contributed by atoms with E-state index in [4.69, 9.17) is 0 Å². The van der Waals surface area contributed by atoms with Gasteiger partial charge < -0.3 is 25.1 Å². The molecule has 0 unspecified atom stereocenters. The summed E-state index contributed by atoms with van der Waals surface area (Å²) in [4.78, 5) is 48.5. The van der Waals surface area contributed by atoms with E-state index < -0.39 is 0 Å². The maximum atomic E-state index is 12.2. The van der Waals surface area contributed by atoms with Gasteiger partial charge in [-0.3, -0.25) is 14.4 Å². The van der Waals surface area contributed by atoms with E-state index in [0.717, 1.165) is 6.54 Å². The zero-order valence-corrected chi connectivity index (χ0v) is 17.5. The predicted molar refractivity (Wildman–Crippen MR) is 116 cm³/mol. The number of anilines is 1. The summed E-state index contributed by atoms with van der Waals surface area (Å²) in [7, 11) is 3.88. The van der Waals surface area contributed by atoms with Crippen LogP contribution in [0.4, 0.5) is 5.69 Å². The van der Waals surface area contributed by atoms with E-state index in [1.807, 2.05) is 19.0 Å². The molecule has 3 N–H and O–H groups in total. The molecule has 2 heterocycles. The second kappa shape index (κ2) is 10.5. The van der Waals surface area contributed by atoms with Crippen LogP contribution in [0.5, 0.6) is 0 Å². The van der Waals surface area contributed by atoms with Crippen molar-refractivity contribution >= 4 is 41.1 Å². The van der Waals surface area contributed by atoms with Gasteiger partial charge in [-0.05, 0) is 38.4 Å². The Morgan fingerprint density at radius 1 is 1.17 bits per heavy atom. The highest BCUT2D eigenvalue weighted by Crippen LogP contribution is 2.11. The van der Waals surface area contributed by atoms with Crippen molar-refractivity contribution in [2.24, 2.45) is 0 Å². The van der Waals surface area contributed by atoms with Crippen LogP contribution in [0.2, 0.25) is 0 Å². The minimum atomic E-state index is -0.316. The van der Waals surface area contributed by atoms with Crippen LogP contribution < -0.4 is 16.2 Å². The Labute approximate surface area is 179 Å². The molecule has 3 rings (SSSR count). The van der Waals surface area contributed by atoms with Gasteiger partial charge in [0.15, 0.2) is 11.2 Å². The molecule has 0 saturated carbocycles. The number of carbonyl (C=O) groups is 2. The summed E-state index contributed by atoms with van der Waals surface area (Å²) < 4.78 is 1.66. The third-order valence-corrected chi connectivity index (χ3v) is 4.26. The van der Waals surface area contributed by atoms with Crippen molar-refractivity contribution in [1.29, 1.82) is 0 Å². The van der Waals surface area contributed by atoms with Gasteiger partial charge in [-0.25, -0.2) is 9.97 Å². The average molecular weight is 434 g/mol. The number of imidazole rings is 1. The summed E-state index contributed by atoms with van der Waals surface area (Å²) in [6.45, 7) is 1.66. The number of nitrogens with one attached hydrogen (secondary N) is 3. The number of halogens is 1. The highest BCUT2D eigenvalue weighted by Gasteiger charge is 2.10. The molecule has 0 atom stereocenters. The van der Waals surface area contributed by atoms with Gasteiger partial charge in [0.1, 0.15) is 0 Å². The fourth-order valence-electron chi connectivity index (χ4n) is 2.70. The van der Waals surface area contributed by atoms with Crippen molar-refractivity contribution in [3.63, 3.8) is 0 Å². The first kappa shape index (κ1) is 23.0. The van der Waals surface area contributed by atoms with E-state index in [2.05, 4.69) is 25.6 Å². The third kappa shape index (κ3) is 5.88. The number of carbonyl (C=O) groups excluding carboxylic acids is 2. The van der Waals surface area contributed by atoms with Gasteiger partial charge in [0.05, 0.1) is 12.7 Å². The second-order valence-electron chi connectivity index (χ2n) is 6.78. The third-order valence-electron chi connectivity index (χ3n) is 4.26. The van der Waals surface area contributed by atoms with Crippen LogP contribution in [0.15, 0.2) is 41.7 Å². The number of likely N-dealkylation sites (N-methyl/N-ethyl adjacent to an activating group) is 1. The van der Waals surface area contributed by atoms with E-state index >= 15 is 0 Å². The van der Waals surface area contributed by atoms with Crippen LogP contribution in [-0.2, 0) is 11.3 Å². The Kier molecular flexibility index (Phi) is 8.07. The number of fused-ring (bicyclic) bond motifs is 1. The molecule has 2 aromatic heterocycles. The number of aromatic amines is 1. The number of hydrogen-bond donors (Lipinski definition) is 3. The lowest BCUT2D eigenvalue weighted by atomic mass is 10.2. The number of aromatic nitrogens is 4. The molecule has 11 heteroatoms.